The molecule has 4 heteroatoms. The molecule has 3 rings (SSSR count). The Hall–Kier alpha value is -2.07. The number of halogens is 1. The van der Waals surface area contributed by atoms with Gasteiger partial charge in [-0.15, -0.1) is 11.3 Å². The van der Waals surface area contributed by atoms with Gasteiger partial charge in [-0.3, -0.25) is 4.79 Å². The number of hydrogen-bond donors (Lipinski definition) is 0. The van der Waals surface area contributed by atoms with Crippen LogP contribution in [0.2, 0.25) is 0 Å². The van der Waals surface area contributed by atoms with E-state index in [1.165, 1.54) is 23.5 Å². The van der Waals surface area contributed by atoms with Crippen LogP contribution in [0, 0.1) is 5.82 Å². The first-order chi connectivity index (χ1) is 9.22. The monoisotopic (exact) mass is 271 g/mol. The zero-order valence-corrected chi connectivity index (χ0v) is 10.8. The van der Waals surface area contributed by atoms with Gasteiger partial charge in [-0.05, 0) is 29.8 Å². The van der Waals surface area contributed by atoms with Gasteiger partial charge >= 0.3 is 0 Å². The molecule has 0 N–H and O–H groups in total. The normalized spacial score (nSPS) is 10.8. The van der Waals surface area contributed by atoms with Crippen molar-refractivity contribution < 1.29 is 9.18 Å². The largest absolute Gasteiger partial charge is 0.291 e. The number of para-hydroxylation sites is 1. The molecule has 3 aromatic rings. The summed E-state index contributed by atoms with van der Waals surface area (Å²) in [6.45, 7) is 0. The molecule has 0 atom stereocenters. The number of nitrogens with zero attached hydrogens (tertiary/aromatic N) is 1. The van der Waals surface area contributed by atoms with Crippen LogP contribution in [0.25, 0.3) is 10.2 Å². The molecule has 0 saturated carbocycles. The predicted octanol–water partition coefficient (Wildman–Crippen LogP) is 3.86. The number of carbonyl (C=O) groups is 1. The first-order valence-electron chi connectivity index (χ1n) is 5.85. The van der Waals surface area contributed by atoms with Crippen molar-refractivity contribution in [1.82, 2.24) is 4.98 Å². The van der Waals surface area contributed by atoms with Crippen molar-refractivity contribution in [2.75, 3.05) is 0 Å². The van der Waals surface area contributed by atoms with E-state index in [9.17, 15) is 9.18 Å². The Morgan fingerprint density at radius 3 is 2.79 bits per heavy atom. The molecule has 2 nitrogen and oxygen atoms in total. The number of hydrogen-bond acceptors (Lipinski definition) is 3. The van der Waals surface area contributed by atoms with Crippen LogP contribution in [-0.2, 0) is 6.42 Å². The van der Waals surface area contributed by atoms with Crippen LogP contribution < -0.4 is 0 Å². The maximum atomic E-state index is 13.1. The zero-order chi connectivity index (χ0) is 13.2. The van der Waals surface area contributed by atoms with Gasteiger partial charge in [0.25, 0.3) is 0 Å². The Balaban J connectivity index is 1.87. The summed E-state index contributed by atoms with van der Waals surface area (Å²) in [6.07, 6.45) is 0.178. The van der Waals surface area contributed by atoms with Crippen LogP contribution in [0.1, 0.15) is 15.4 Å². The molecule has 19 heavy (non-hydrogen) atoms. The molecule has 0 aliphatic rings. The van der Waals surface area contributed by atoms with Gasteiger partial charge in [0.05, 0.1) is 10.2 Å². The molecule has 2 aromatic carbocycles. The summed E-state index contributed by atoms with van der Waals surface area (Å²) < 4.78 is 14.1. The van der Waals surface area contributed by atoms with Crippen molar-refractivity contribution in [3.8, 4) is 0 Å². The molecule has 0 fully saturated rings. The van der Waals surface area contributed by atoms with E-state index in [0.29, 0.717) is 10.6 Å². The number of fused-ring (bicyclic) bond motifs is 1. The summed E-state index contributed by atoms with van der Waals surface area (Å²) in [4.78, 5) is 16.4. The lowest BCUT2D eigenvalue weighted by Crippen LogP contribution is -2.02. The molecule has 0 aliphatic carbocycles. The first kappa shape index (κ1) is 12.0. The standard InChI is InChI=1S/C15H10FNOS/c16-11-5-3-4-10(8-11)9-13(18)15-17-12-6-1-2-7-14(12)19-15/h1-8H,9H2. The van der Waals surface area contributed by atoms with Crippen LogP contribution in [0.15, 0.2) is 48.5 Å². The minimum Gasteiger partial charge on any atom is -0.291 e. The van der Waals surface area contributed by atoms with Gasteiger partial charge in [0.15, 0.2) is 10.8 Å². The van der Waals surface area contributed by atoms with Crippen molar-refractivity contribution in [2.45, 2.75) is 6.42 Å². The van der Waals surface area contributed by atoms with E-state index in [4.69, 9.17) is 0 Å². The van der Waals surface area contributed by atoms with Gasteiger partial charge in [-0.2, -0.15) is 0 Å². The van der Waals surface area contributed by atoms with Crippen LogP contribution in [-0.4, -0.2) is 10.8 Å². The molecule has 0 amide bonds. The Labute approximate surface area is 113 Å². The number of rotatable bonds is 3. The SMILES string of the molecule is O=C(Cc1cccc(F)c1)c1nc2ccccc2s1. The maximum Gasteiger partial charge on any atom is 0.195 e. The van der Waals surface area contributed by atoms with E-state index in [2.05, 4.69) is 4.98 Å². The highest BCUT2D eigenvalue weighted by Crippen LogP contribution is 2.22. The zero-order valence-electron chi connectivity index (χ0n) is 9.97. The van der Waals surface area contributed by atoms with E-state index in [1.807, 2.05) is 24.3 Å². The summed E-state index contributed by atoms with van der Waals surface area (Å²) in [5.41, 5.74) is 1.50. The molecule has 0 bridgehead atoms. The molecule has 0 radical (unpaired) electrons. The van der Waals surface area contributed by atoms with Crippen molar-refractivity contribution in [2.24, 2.45) is 0 Å². The average molecular weight is 271 g/mol. The second-order valence-electron chi connectivity index (χ2n) is 4.22. The van der Waals surface area contributed by atoms with Gasteiger partial charge < -0.3 is 0 Å². The fraction of sp³-hybridized carbons (Fsp3) is 0.0667. The lowest BCUT2D eigenvalue weighted by atomic mass is 10.1. The van der Waals surface area contributed by atoms with Gasteiger partial charge in [-0.1, -0.05) is 24.3 Å². The molecule has 1 heterocycles. The van der Waals surface area contributed by atoms with Crippen LogP contribution >= 0.6 is 11.3 Å². The highest BCUT2D eigenvalue weighted by Gasteiger charge is 2.12. The molecule has 94 valence electrons. The van der Waals surface area contributed by atoms with E-state index in [-0.39, 0.29) is 18.0 Å². The van der Waals surface area contributed by atoms with Crippen LogP contribution in [0.5, 0.6) is 0 Å². The van der Waals surface area contributed by atoms with Gasteiger partial charge in [-0.25, -0.2) is 9.37 Å². The van der Waals surface area contributed by atoms with Gasteiger partial charge in [0.2, 0.25) is 0 Å². The minimum absolute atomic E-state index is 0.0770. The highest BCUT2D eigenvalue weighted by atomic mass is 32.1. The minimum atomic E-state index is -0.324. The van der Waals surface area contributed by atoms with E-state index in [0.717, 1.165) is 10.2 Å². The highest BCUT2D eigenvalue weighted by molar-refractivity contribution is 7.20. The number of thiazole rings is 1. The van der Waals surface area contributed by atoms with Gasteiger partial charge in [0, 0.05) is 6.42 Å². The second kappa shape index (κ2) is 4.90. The van der Waals surface area contributed by atoms with Crippen molar-refractivity contribution in [3.05, 3.63) is 64.9 Å². The fourth-order valence-corrected chi connectivity index (χ4v) is 2.80. The quantitative estimate of drug-likeness (QED) is 0.677. The van der Waals surface area contributed by atoms with Gasteiger partial charge in [0.1, 0.15) is 5.82 Å². The lowest BCUT2D eigenvalue weighted by Gasteiger charge is -1.98. The third-order valence-corrected chi connectivity index (χ3v) is 3.86. The van der Waals surface area contributed by atoms with Crippen molar-refractivity contribution in [3.63, 3.8) is 0 Å². The molecular weight excluding hydrogens is 261 g/mol. The van der Waals surface area contributed by atoms with Crippen LogP contribution in [0.3, 0.4) is 0 Å². The molecule has 0 saturated heterocycles. The topological polar surface area (TPSA) is 30.0 Å². The van der Waals surface area contributed by atoms with Crippen molar-refractivity contribution >= 4 is 27.3 Å². The van der Waals surface area contributed by atoms with Crippen molar-refractivity contribution in [1.29, 1.82) is 0 Å². The molecule has 0 aliphatic heterocycles. The first-order valence-corrected chi connectivity index (χ1v) is 6.67. The second-order valence-corrected chi connectivity index (χ2v) is 5.25. The number of benzene rings is 2. The number of ketones is 1. The Bertz CT molecular complexity index is 717. The summed E-state index contributed by atoms with van der Waals surface area (Å²) in [5.74, 6) is -0.401. The van der Waals surface area contributed by atoms with E-state index < -0.39 is 0 Å². The van der Waals surface area contributed by atoms with E-state index >= 15 is 0 Å². The summed E-state index contributed by atoms with van der Waals surface area (Å²) in [6, 6.07) is 13.7. The lowest BCUT2D eigenvalue weighted by molar-refractivity contribution is 0.0993. The summed E-state index contributed by atoms with van der Waals surface area (Å²) >= 11 is 1.37. The summed E-state index contributed by atoms with van der Waals surface area (Å²) in [5, 5.41) is 0.477. The summed E-state index contributed by atoms with van der Waals surface area (Å²) in [7, 11) is 0. The molecule has 0 spiro atoms. The average Bonchev–Trinajstić information content (AvgIpc) is 2.82. The number of Topliss-reactive ketones (excluding diaryl/α,β-unsaturated/α-hetero) is 1. The number of carbonyl (C=O) groups excluding carboxylic acids is 1. The molecule has 1 aromatic heterocycles. The maximum absolute atomic E-state index is 13.1. The molecule has 0 unspecified atom stereocenters. The fourth-order valence-electron chi connectivity index (χ4n) is 1.90. The van der Waals surface area contributed by atoms with E-state index in [1.54, 1.807) is 12.1 Å². The Morgan fingerprint density at radius 1 is 1.16 bits per heavy atom. The van der Waals surface area contributed by atoms with Crippen LogP contribution in [0.4, 0.5) is 4.39 Å². The Kier molecular flexibility index (Phi) is 3.09. The molecular formula is C15H10FNOS. The third kappa shape index (κ3) is 2.53. The Morgan fingerprint density at radius 2 is 2.00 bits per heavy atom. The smallest absolute Gasteiger partial charge is 0.195 e. The third-order valence-electron chi connectivity index (χ3n) is 2.79. The number of aromatic nitrogens is 1. The predicted molar refractivity (Wildman–Crippen MR) is 74.1 cm³/mol.